The van der Waals surface area contributed by atoms with E-state index in [9.17, 15) is 13.2 Å². The Morgan fingerprint density at radius 1 is 1.18 bits per heavy atom. The highest BCUT2D eigenvalue weighted by Crippen LogP contribution is 2.37. The number of nitrogens with one attached hydrogen (secondary N) is 2. The maximum Gasteiger partial charge on any atom is 0.250 e. The Morgan fingerprint density at radius 2 is 1.92 bits per heavy atom. The van der Waals surface area contributed by atoms with Crippen LogP contribution >= 0.6 is 0 Å². The smallest absolute Gasteiger partial charge is 0.250 e. The molecule has 1 aliphatic heterocycles. The van der Waals surface area contributed by atoms with Crippen LogP contribution in [0.5, 0.6) is 0 Å². The lowest BCUT2D eigenvalue weighted by Crippen LogP contribution is -2.39. The molecule has 0 bridgehead atoms. The van der Waals surface area contributed by atoms with E-state index in [-0.39, 0.29) is 23.8 Å². The monoisotopic (exact) mass is 540 g/mol. The Balaban J connectivity index is 1.63. The summed E-state index contributed by atoms with van der Waals surface area (Å²) in [6.45, 7) is 8.43. The minimum absolute atomic E-state index is 0.00287. The fraction of sp³-hybridized carbons (Fsp3) is 0.483. The molecule has 2 aromatic carbocycles. The van der Waals surface area contributed by atoms with Gasteiger partial charge in [-0.25, -0.2) is 12.7 Å². The molecule has 0 atom stereocenters. The van der Waals surface area contributed by atoms with Crippen LogP contribution in [0, 0.1) is 0 Å². The number of aromatic amines is 1. The van der Waals surface area contributed by atoms with Gasteiger partial charge in [0.25, 0.3) is 5.91 Å². The number of nitrogens with two attached hydrogens (primary N) is 1. The van der Waals surface area contributed by atoms with Gasteiger partial charge in [0.15, 0.2) is 0 Å². The Kier molecular flexibility index (Phi) is 8.62. The number of aromatic nitrogens is 1. The average Bonchev–Trinajstić information content (AvgIpc) is 3.34. The lowest BCUT2D eigenvalue weighted by Gasteiger charge is -2.31. The minimum Gasteiger partial charge on any atom is -0.384 e. The van der Waals surface area contributed by atoms with Crippen molar-refractivity contribution < 1.29 is 17.9 Å². The van der Waals surface area contributed by atoms with E-state index in [1.807, 2.05) is 18.3 Å². The highest BCUT2D eigenvalue weighted by Gasteiger charge is 2.30. The van der Waals surface area contributed by atoms with E-state index in [0.717, 1.165) is 40.6 Å². The SMILES string of the molecule is CCC(C)(C)NCc1cccc(-c2cc(C(N)=O)c3[nH]cc(C4CCN(S(=O)(=O)CCOC)CC4)c3c2)c1. The van der Waals surface area contributed by atoms with Crippen molar-refractivity contribution in [3.63, 3.8) is 0 Å². The summed E-state index contributed by atoms with van der Waals surface area (Å²) in [5.41, 5.74) is 11.3. The summed E-state index contributed by atoms with van der Waals surface area (Å²) >= 11 is 0. The molecule has 4 rings (SSSR count). The molecule has 4 N–H and O–H groups in total. The minimum atomic E-state index is -3.33. The first-order chi connectivity index (χ1) is 18.0. The number of sulfonamides is 1. The molecule has 3 aromatic rings. The molecule has 9 heteroatoms. The lowest BCUT2D eigenvalue weighted by molar-refractivity contribution is 0.100. The second-order valence-corrected chi connectivity index (χ2v) is 12.9. The van der Waals surface area contributed by atoms with E-state index < -0.39 is 15.9 Å². The molecule has 1 fully saturated rings. The zero-order valence-corrected chi connectivity index (χ0v) is 23.7. The molecule has 0 aliphatic carbocycles. The summed E-state index contributed by atoms with van der Waals surface area (Å²) in [7, 11) is -1.82. The van der Waals surface area contributed by atoms with Crippen LogP contribution in [-0.4, -0.2) is 61.7 Å². The van der Waals surface area contributed by atoms with E-state index in [1.165, 1.54) is 12.7 Å². The van der Waals surface area contributed by atoms with Gasteiger partial charge in [-0.15, -0.1) is 0 Å². The van der Waals surface area contributed by atoms with Gasteiger partial charge < -0.3 is 20.8 Å². The molecule has 0 unspecified atom stereocenters. The van der Waals surface area contributed by atoms with Crippen LogP contribution in [0.2, 0.25) is 0 Å². The summed E-state index contributed by atoms with van der Waals surface area (Å²) < 4.78 is 31.7. The van der Waals surface area contributed by atoms with Gasteiger partial charge in [-0.3, -0.25) is 4.79 Å². The van der Waals surface area contributed by atoms with Crippen LogP contribution in [0.4, 0.5) is 0 Å². The molecule has 38 heavy (non-hydrogen) atoms. The Labute approximate surface area is 226 Å². The highest BCUT2D eigenvalue weighted by atomic mass is 32.2. The van der Waals surface area contributed by atoms with Crippen molar-refractivity contribution in [2.45, 2.75) is 58.0 Å². The molecule has 206 valence electrons. The molecule has 0 spiro atoms. The molecule has 1 saturated heterocycles. The highest BCUT2D eigenvalue weighted by molar-refractivity contribution is 7.89. The number of H-pyrrole nitrogens is 1. The first-order valence-electron chi connectivity index (χ1n) is 13.3. The number of fused-ring (bicyclic) bond motifs is 1. The number of methoxy groups -OCH3 is 1. The fourth-order valence-electron chi connectivity index (χ4n) is 5.04. The van der Waals surface area contributed by atoms with Crippen molar-refractivity contribution in [1.82, 2.24) is 14.6 Å². The Morgan fingerprint density at radius 3 is 2.58 bits per heavy atom. The second-order valence-electron chi connectivity index (χ2n) is 10.8. The average molecular weight is 541 g/mol. The number of benzene rings is 2. The van der Waals surface area contributed by atoms with Gasteiger partial charge in [0.1, 0.15) is 0 Å². The van der Waals surface area contributed by atoms with Crippen molar-refractivity contribution in [3.05, 3.63) is 59.3 Å². The molecule has 0 saturated carbocycles. The Hall–Kier alpha value is -2.72. The summed E-state index contributed by atoms with van der Waals surface area (Å²) in [5.74, 6) is -0.302. The van der Waals surface area contributed by atoms with Crippen LogP contribution < -0.4 is 11.1 Å². The fourth-order valence-corrected chi connectivity index (χ4v) is 6.44. The zero-order chi connectivity index (χ0) is 27.5. The maximum absolute atomic E-state index is 12.6. The third kappa shape index (κ3) is 6.29. The van der Waals surface area contributed by atoms with Crippen LogP contribution in [-0.2, 0) is 21.3 Å². The number of hydrogen-bond acceptors (Lipinski definition) is 5. The van der Waals surface area contributed by atoms with Crippen molar-refractivity contribution in [1.29, 1.82) is 0 Å². The molecule has 1 amide bonds. The predicted octanol–water partition coefficient (Wildman–Crippen LogP) is 4.37. The number of amides is 1. The van der Waals surface area contributed by atoms with E-state index in [2.05, 4.69) is 55.3 Å². The van der Waals surface area contributed by atoms with Gasteiger partial charge in [0, 0.05) is 43.9 Å². The van der Waals surface area contributed by atoms with Crippen molar-refractivity contribution in [2.75, 3.05) is 32.6 Å². The first kappa shape index (κ1) is 28.3. The number of piperidine rings is 1. The van der Waals surface area contributed by atoms with Crippen LogP contribution in [0.1, 0.15) is 67.4 Å². The standard InChI is InChI=1S/C29H40N4O4S/c1-5-29(2,3)32-18-20-7-6-8-22(15-20)23-16-24-26(19-31-27(24)25(17-23)28(30)34)21-9-11-33(12-10-21)38(35,36)14-13-37-4/h6-8,15-17,19,21,31-32H,5,9-14,18H2,1-4H3,(H2,30,34). The van der Waals surface area contributed by atoms with Crippen LogP contribution in [0.3, 0.4) is 0 Å². The van der Waals surface area contributed by atoms with Crippen LogP contribution in [0.15, 0.2) is 42.6 Å². The third-order valence-corrected chi connectivity index (χ3v) is 9.67. The summed E-state index contributed by atoms with van der Waals surface area (Å²) in [5, 5.41) is 4.57. The van der Waals surface area contributed by atoms with Gasteiger partial charge in [-0.1, -0.05) is 25.1 Å². The largest absolute Gasteiger partial charge is 0.384 e. The summed E-state index contributed by atoms with van der Waals surface area (Å²) in [6.07, 6.45) is 4.40. The number of ether oxygens (including phenoxy) is 1. The van der Waals surface area contributed by atoms with Gasteiger partial charge in [0.05, 0.1) is 23.4 Å². The maximum atomic E-state index is 12.6. The first-order valence-corrected chi connectivity index (χ1v) is 14.9. The van der Waals surface area contributed by atoms with Gasteiger partial charge >= 0.3 is 0 Å². The van der Waals surface area contributed by atoms with Gasteiger partial charge in [-0.2, -0.15) is 0 Å². The number of primary amides is 1. The number of carbonyl (C=O) groups is 1. The van der Waals surface area contributed by atoms with E-state index in [1.54, 1.807) is 4.31 Å². The zero-order valence-electron chi connectivity index (χ0n) is 22.8. The summed E-state index contributed by atoms with van der Waals surface area (Å²) in [4.78, 5) is 15.7. The van der Waals surface area contributed by atoms with Crippen molar-refractivity contribution >= 4 is 26.8 Å². The predicted molar refractivity (Wildman–Crippen MR) is 153 cm³/mol. The van der Waals surface area contributed by atoms with Gasteiger partial charge in [-0.05, 0) is 79.5 Å². The molecule has 8 nitrogen and oxygen atoms in total. The molecular weight excluding hydrogens is 500 g/mol. The Bertz CT molecular complexity index is 1390. The number of hydrogen-bond donors (Lipinski definition) is 3. The third-order valence-electron chi connectivity index (χ3n) is 7.83. The van der Waals surface area contributed by atoms with Crippen molar-refractivity contribution in [2.24, 2.45) is 5.73 Å². The van der Waals surface area contributed by atoms with Crippen LogP contribution in [0.25, 0.3) is 22.0 Å². The molecular formula is C29H40N4O4S. The molecule has 0 radical (unpaired) electrons. The van der Waals surface area contributed by atoms with Crippen molar-refractivity contribution in [3.8, 4) is 11.1 Å². The normalized spacial score (nSPS) is 15.8. The summed E-state index contributed by atoms with van der Waals surface area (Å²) in [6, 6.07) is 12.3. The molecule has 2 heterocycles. The quantitative estimate of drug-likeness (QED) is 0.334. The number of rotatable bonds is 11. The molecule has 1 aliphatic rings. The second kappa shape index (κ2) is 11.6. The number of carbonyl (C=O) groups excluding carboxylic acids is 1. The van der Waals surface area contributed by atoms with Gasteiger partial charge in [0.2, 0.25) is 10.0 Å². The molecule has 1 aromatic heterocycles. The van der Waals surface area contributed by atoms with E-state index >= 15 is 0 Å². The lowest BCUT2D eigenvalue weighted by atomic mass is 9.88. The van der Waals surface area contributed by atoms with E-state index in [4.69, 9.17) is 10.5 Å². The topological polar surface area (TPSA) is 118 Å². The number of nitrogens with zero attached hydrogens (tertiary/aromatic N) is 1. The van der Waals surface area contributed by atoms with E-state index in [0.29, 0.717) is 31.5 Å².